The fourth-order valence-electron chi connectivity index (χ4n) is 1.43. The number of rotatable bonds is 4. The quantitative estimate of drug-likeness (QED) is 0.852. The van der Waals surface area contributed by atoms with Crippen LogP contribution in [0.1, 0.15) is 0 Å². The average Bonchev–Trinajstić information content (AvgIpc) is 2.43. The van der Waals surface area contributed by atoms with Gasteiger partial charge >= 0.3 is 0 Å². The average molecular weight is 348 g/mol. The minimum atomic E-state index is -3.66. The summed E-state index contributed by atoms with van der Waals surface area (Å²) >= 11 is 11.6. The van der Waals surface area contributed by atoms with Crippen molar-refractivity contribution in [2.75, 3.05) is 19.4 Å². The highest BCUT2D eigenvalue weighted by molar-refractivity contribution is 7.89. The van der Waals surface area contributed by atoms with Gasteiger partial charge in [0, 0.05) is 20.3 Å². The van der Waals surface area contributed by atoms with Gasteiger partial charge in [-0.2, -0.15) is 4.98 Å². The van der Waals surface area contributed by atoms with Crippen LogP contribution in [0.3, 0.4) is 0 Å². The molecule has 10 heteroatoms. The molecule has 0 unspecified atom stereocenters. The number of hydrogen-bond acceptors (Lipinski definition) is 6. The maximum atomic E-state index is 12.2. The molecule has 0 aromatic carbocycles. The van der Waals surface area contributed by atoms with Crippen LogP contribution in [-0.2, 0) is 10.0 Å². The molecule has 2 heterocycles. The largest absolute Gasteiger partial charge is 0.322 e. The maximum Gasteiger partial charge on any atom is 0.246 e. The van der Waals surface area contributed by atoms with Crippen LogP contribution in [0.4, 0.5) is 11.6 Å². The summed E-state index contributed by atoms with van der Waals surface area (Å²) in [4.78, 5) is 11.6. The van der Waals surface area contributed by atoms with Gasteiger partial charge in [0.15, 0.2) is 11.6 Å². The third-order valence-electron chi connectivity index (χ3n) is 2.48. The van der Waals surface area contributed by atoms with Crippen molar-refractivity contribution < 1.29 is 8.42 Å². The summed E-state index contributed by atoms with van der Waals surface area (Å²) in [5, 5.41) is 2.93. The number of aromatic nitrogens is 3. The zero-order valence-corrected chi connectivity index (χ0v) is 13.4. The van der Waals surface area contributed by atoms with E-state index in [-0.39, 0.29) is 26.8 Å². The molecule has 1 N–H and O–H groups in total. The van der Waals surface area contributed by atoms with Gasteiger partial charge in [-0.25, -0.2) is 22.7 Å². The van der Waals surface area contributed by atoms with E-state index in [0.717, 1.165) is 4.31 Å². The Labute approximate surface area is 132 Å². The second kappa shape index (κ2) is 6.10. The third-order valence-corrected chi connectivity index (χ3v) is 4.79. The van der Waals surface area contributed by atoms with Gasteiger partial charge in [0.1, 0.15) is 9.92 Å². The molecule has 7 nitrogen and oxygen atoms in total. The molecule has 0 radical (unpaired) electrons. The highest BCUT2D eigenvalue weighted by atomic mass is 35.5. The molecule has 0 amide bonds. The van der Waals surface area contributed by atoms with Crippen LogP contribution in [-0.4, -0.2) is 41.8 Å². The second-order valence-electron chi connectivity index (χ2n) is 4.10. The maximum absolute atomic E-state index is 12.2. The number of halogens is 2. The van der Waals surface area contributed by atoms with Crippen molar-refractivity contribution in [1.82, 2.24) is 19.3 Å². The van der Waals surface area contributed by atoms with Crippen LogP contribution in [0.25, 0.3) is 0 Å². The summed E-state index contributed by atoms with van der Waals surface area (Å²) in [6.07, 6.45) is 2.76. The van der Waals surface area contributed by atoms with Gasteiger partial charge in [-0.1, -0.05) is 11.6 Å². The summed E-state index contributed by atoms with van der Waals surface area (Å²) in [5.41, 5.74) is 0. The molecule has 0 bridgehead atoms. The van der Waals surface area contributed by atoms with Gasteiger partial charge < -0.3 is 5.32 Å². The number of anilines is 2. The summed E-state index contributed by atoms with van der Waals surface area (Å²) in [6.45, 7) is 0. The van der Waals surface area contributed by atoms with Crippen molar-refractivity contribution in [2.24, 2.45) is 0 Å². The molecule has 0 saturated heterocycles. The lowest BCUT2D eigenvalue weighted by Gasteiger charge is -2.15. The minimum Gasteiger partial charge on any atom is -0.322 e. The van der Waals surface area contributed by atoms with E-state index in [9.17, 15) is 8.42 Å². The Balaban J connectivity index is 2.49. The normalized spacial score (nSPS) is 11.7. The van der Waals surface area contributed by atoms with E-state index in [1.54, 1.807) is 0 Å². The Morgan fingerprint density at radius 1 is 1.19 bits per heavy atom. The van der Waals surface area contributed by atoms with Crippen molar-refractivity contribution in [3.05, 3.63) is 34.8 Å². The standard InChI is InChI=1S/C11H11Cl2N5O2S/c1-18(2)21(19,20)8-4-3-5-14-10(8)16-9-7(12)6-15-11(13)17-9/h3-6H,1-2H3,(H,14,15,16,17). The van der Waals surface area contributed by atoms with Gasteiger partial charge in [0.05, 0.1) is 6.20 Å². The minimum absolute atomic E-state index is 0.000742. The zero-order valence-electron chi connectivity index (χ0n) is 11.1. The van der Waals surface area contributed by atoms with E-state index >= 15 is 0 Å². The lowest BCUT2D eigenvalue weighted by molar-refractivity contribution is 0.521. The highest BCUT2D eigenvalue weighted by Gasteiger charge is 2.22. The summed E-state index contributed by atoms with van der Waals surface area (Å²) in [5.74, 6) is 0.272. The van der Waals surface area contributed by atoms with Crippen molar-refractivity contribution in [3.8, 4) is 0 Å². The molecule has 0 aliphatic rings. The Kier molecular flexibility index (Phi) is 4.62. The SMILES string of the molecule is CN(C)S(=O)(=O)c1cccnc1Nc1nc(Cl)ncc1Cl. The van der Waals surface area contributed by atoms with Gasteiger partial charge in [0.25, 0.3) is 0 Å². The van der Waals surface area contributed by atoms with E-state index in [0.29, 0.717) is 0 Å². The predicted molar refractivity (Wildman–Crippen MR) is 80.4 cm³/mol. The Morgan fingerprint density at radius 2 is 1.90 bits per heavy atom. The second-order valence-corrected chi connectivity index (χ2v) is 6.96. The summed E-state index contributed by atoms with van der Waals surface area (Å²) in [7, 11) is -0.799. The lowest BCUT2D eigenvalue weighted by atomic mass is 10.4. The van der Waals surface area contributed by atoms with Gasteiger partial charge in [-0.3, -0.25) is 0 Å². The monoisotopic (exact) mass is 347 g/mol. The highest BCUT2D eigenvalue weighted by Crippen LogP contribution is 2.27. The molecule has 0 spiro atoms. The number of nitrogens with zero attached hydrogens (tertiary/aromatic N) is 4. The predicted octanol–water partition coefficient (Wildman–Crippen LogP) is 2.17. The smallest absolute Gasteiger partial charge is 0.246 e. The van der Waals surface area contributed by atoms with Crippen LogP contribution in [0, 0.1) is 0 Å². The molecule has 0 atom stereocenters. The van der Waals surface area contributed by atoms with Crippen LogP contribution >= 0.6 is 23.2 Å². The third kappa shape index (κ3) is 3.41. The number of sulfonamides is 1. The number of hydrogen-bond donors (Lipinski definition) is 1. The van der Waals surface area contributed by atoms with Crippen LogP contribution in [0.15, 0.2) is 29.4 Å². The molecule has 2 rings (SSSR count). The molecule has 21 heavy (non-hydrogen) atoms. The topological polar surface area (TPSA) is 88.1 Å². The first-order valence-electron chi connectivity index (χ1n) is 5.65. The summed E-state index contributed by atoms with van der Waals surface area (Å²) < 4.78 is 25.6. The fraction of sp³-hybridized carbons (Fsp3) is 0.182. The van der Waals surface area contributed by atoms with Gasteiger partial charge in [-0.05, 0) is 23.7 Å². The van der Waals surface area contributed by atoms with Crippen LogP contribution in [0.2, 0.25) is 10.3 Å². The van der Waals surface area contributed by atoms with Crippen molar-refractivity contribution >= 4 is 44.9 Å². The molecule has 112 valence electrons. The Bertz CT molecular complexity index is 767. The van der Waals surface area contributed by atoms with Crippen LogP contribution in [0.5, 0.6) is 0 Å². The van der Waals surface area contributed by atoms with E-state index in [4.69, 9.17) is 23.2 Å². The van der Waals surface area contributed by atoms with E-state index in [1.807, 2.05) is 0 Å². The lowest BCUT2D eigenvalue weighted by Crippen LogP contribution is -2.23. The van der Waals surface area contributed by atoms with E-state index < -0.39 is 10.0 Å². The molecule has 0 saturated carbocycles. The first-order valence-corrected chi connectivity index (χ1v) is 7.84. The van der Waals surface area contributed by atoms with Crippen molar-refractivity contribution in [1.29, 1.82) is 0 Å². The van der Waals surface area contributed by atoms with Crippen molar-refractivity contribution in [2.45, 2.75) is 4.90 Å². The zero-order chi connectivity index (χ0) is 15.6. The van der Waals surface area contributed by atoms with Gasteiger partial charge in [0.2, 0.25) is 15.3 Å². The first kappa shape index (κ1) is 15.9. The molecular weight excluding hydrogens is 337 g/mol. The number of pyridine rings is 1. The fourth-order valence-corrected chi connectivity index (χ4v) is 2.70. The van der Waals surface area contributed by atoms with Crippen LogP contribution < -0.4 is 5.32 Å². The molecule has 0 aliphatic carbocycles. The molecule has 0 aliphatic heterocycles. The summed E-state index contributed by atoms with van der Waals surface area (Å²) in [6, 6.07) is 2.96. The molecule has 2 aromatic rings. The first-order chi connectivity index (χ1) is 9.82. The molecule has 2 aromatic heterocycles. The molecule has 0 fully saturated rings. The van der Waals surface area contributed by atoms with Crippen molar-refractivity contribution in [3.63, 3.8) is 0 Å². The Morgan fingerprint density at radius 3 is 2.57 bits per heavy atom. The van der Waals surface area contributed by atoms with E-state index in [2.05, 4.69) is 20.3 Å². The molecular formula is C11H11Cl2N5O2S. The van der Waals surface area contributed by atoms with E-state index in [1.165, 1.54) is 38.6 Å². The number of nitrogens with one attached hydrogen (secondary N) is 1. The van der Waals surface area contributed by atoms with Gasteiger partial charge in [-0.15, -0.1) is 0 Å². The Hall–Kier alpha value is -1.48.